The minimum atomic E-state index is -0.271. The number of carbonyl (C=O) groups excluding carboxylic acids is 1. The predicted octanol–water partition coefficient (Wildman–Crippen LogP) is 5.60. The lowest BCUT2D eigenvalue weighted by Gasteiger charge is -2.32. The zero-order valence-corrected chi connectivity index (χ0v) is 22.3. The Morgan fingerprint density at radius 3 is 2.76 bits per heavy atom. The van der Waals surface area contributed by atoms with Gasteiger partial charge >= 0.3 is 0 Å². The second-order valence-corrected chi connectivity index (χ2v) is 11.0. The van der Waals surface area contributed by atoms with Gasteiger partial charge in [0, 0.05) is 41.5 Å². The predicted molar refractivity (Wildman–Crippen MR) is 146 cm³/mol. The first-order valence-corrected chi connectivity index (χ1v) is 13.7. The molecule has 198 valence electrons. The number of ether oxygens (including phenoxy) is 1. The molecule has 1 fully saturated rings. The summed E-state index contributed by atoms with van der Waals surface area (Å²) in [6.45, 7) is 8.47. The summed E-state index contributed by atoms with van der Waals surface area (Å²) >= 11 is 0. The zero-order chi connectivity index (χ0) is 26.7. The Bertz CT molecular complexity index is 1550. The SMILES string of the molecule is C=CC(CC)c1cc2n(c(=O)c1COC)Cc1c-2nc2cc(F)c(C)c3c2c1C(NC(=O)C1CCC1)CC3. The number of pyridine rings is 2. The maximum Gasteiger partial charge on any atom is 0.257 e. The van der Waals surface area contributed by atoms with Crippen LogP contribution in [-0.4, -0.2) is 22.6 Å². The largest absolute Gasteiger partial charge is 0.380 e. The summed E-state index contributed by atoms with van der Waals surface area (Å²) in [5.74, 6) is -0.105. The van der Waals surface area contributed by atoms with Crippen LogP contribution in [0.15, 0.2) is 29.6 Å². The van der Waals surface area contributed by atoms with Gasteiger partial charge in [0.15, 0.2) is 0 Å². The second kappa shape index (κ2) is 9.45. The molecule has 38 heavy (non-hydrogen) atoms. The monoisotopic (exact) mass is 515 g/mol. The van der Waals surface area contributed by atoms with Gasteiger partial charge < -0.3 is 14.6 Å². The number of benzene rings is 1. The van der Waals surface area contributed by atoms with E-state index in [1.54, 1.807) is 11.7 Å². The number of carbonyl (C=O) groups is 1. The van der Waals surface area contributed by atoms with Gasteiger partial charge in [-0.2, -0.15) is 0 Å². The summed E-state index contributed by atoms with van der Waals surface area (Å²) in [4.78, 5) is 31.9. The number of hydrogen-bond donors (Lipinski definition) is 1. The Balaban J connectivity index is 1.60. The van der Waals surface area contributed by atoms with E-state index in [2.05, 4.69) is 18.8 Å². The Morgan fingerprint density at radius 2 is 2.11 bits per heavy atom. The minimum Gasteiger partial charge on any atom is -0.380 e. The molecule has 1 saturated carbocycles. The summed E-state index contributed by atoms with van der Waals surface area (Å²) in [5.41, 5.74) is 6.99. The Labute approximate surface area is 221 Å². The molecule has 2 atom stereocenters. The highest BCUT2D eigenvalue weighted by atomic mass is 19.1. The average molecular weight is 516 g/mol. The van der Waals surface area contributed by atoms with Crippen molar-refractivity contribution in [2.45, 2.75) is 77.5 Å². The molecule has 3 heterocycles. The third-order valence-corrected chi connectivity index (χ3v) is 8.97. The molecular formula is C31H34FN3O3. The third kappa shape index (κ3) is 3.66. The van der Waals surface area contributed by atoms with Crippen molar-refractivity contribution in [2.75, 3.05) is 7.11 Å². The molecule has 2 aliphatic carbocycles. The van der Waals surface area contributed by atoms with Gasteiger partial charge in [-0.05, 0) is 67.3 Å². The van der Waals surface area contributed by atoms with E-state index in [1.165, 1.54) is 6.07 Å². The second-order valence-electron chi connectivity index (χ2n) is 11.0. The van der Waals surface area contributed by atoms with Crippen molar-refractivity contribution < 1.29 is 13.9 Å². The number of rotatable bonds is 7. The Morgan fingerprint density at radius 1 is 1.32 bits per heavy atom. The first-order chi connectivity index (χ1) is 18.4. The number of hydrogen-bond acceptors (Lipinski definition) is 4. The molecule has 1 aromatic carbocycles. The molecule has 0 spiro atoms. The first-order valence-electron chi connectivity index (χ1n) is 13.7. The van der Waals surface area contributed by atoms with E-state index in [-0.39, 0.29) is 41.8 Å². The summed E-state index contributed by atoms with van der Waals surface area (Å²) in [6.07, 6.45) is 6.99. The lowest BCUT2D eigenvalue weighted by Crippen LogP contribution is -2.38. The quantitative estimate of drug-likeness (QED) is 0.325. The van der Waals surface area contributed by atoms with E-state index < -0.39 is 0 Å². The van der Waals surface area contributed by atoms with Crippen molar-refractivity contribution in [1.82, 2.24) is 14.9 Å². The van der Waals surface area contributed by atoms with Crippen molar-refractivity contribution >= 4 is 16.8 Å². The molecule has 3 aromatic rings. The van der Waals surface area contributed by atoms with Crippen LogP contribution in [0, 0.1) is 18.7 Å². The lowest BCUT2D eigenvalue weighted by molar-refractivity contribution is -0.128. The highest BCUT2D eigenvalue weighted by molar-refractivity contribution is 5.93. The van der Waals surface area contributed by atoms with Gasteiger partial charge in [0.25, 0.3) is 5.56 Å². The molecule has 2 unspecified atom stereocenters. The number of allylic oxidation sites excluding steroid dienone is 1. The molecule has 1 aliphatic heterocycles. The van der Waals surface area contributed by atoms with Crippen LogP contribution in [0.4, 0.5) is 4.39 Å². The fraction of sp³-hybridized carbons (Fsp3) is 0.452. The smallest absolute Gasteiger partial charge is 0.257 e. The van der Waals surface area contributed by atoms with E-state index in [9.17, 15) is 9.59 Å². The third-order valence-electron chi connectivity index (χ3n) is 8.97. The molecule has 6 rings (SSSR count). The number of fused-ring (bicyclic) bond motifs is 4. The Kier molecular flexibility index (Phi) is 6.22. The topological polar surface area (TPSA) is 73.2 Å². The number of nitrogens with zero attached hydrogens (tertiary/aromatic N) is 2. The molecule has 1 N–H and O–H groups in total. The van der Waals surface area contributed by atoms with Gasteiger partial charge in [0.05, 0.1) is 36.1 Å². The van der Waals surface area contributed by atoms with Crippen LogP contribution in [0.2, 0.25) is 0 Å². The van der Waals surface area contributed by atoms with Crippen molar-refractivity contribution in [3.8, 4) is 11.4 Å². The summed E-state index contributed by atoms with van der Waals surface area (Å²) in [5, 5.41) is 4.26. The molecular weight excluding hydrogens is 481 g/mol. The highest BCUT2D eigenvalue weighted by Crippen LogP contribution is 2.45. The van der Waals surface area contributed by atoms with Crippen LogP contribution in [0.5, 0.6) is 0 Å². The fourth-order valence-electron chi connectivity index (χ4n) is 6.60. The molecule has 0 saturated heterocycles. The summed E-state index contributed by atoms with van der Waals surface area (Å²) < 4.78 is 22.2. The van der Waals surface area contributed by atoms with E-state index in [0.717, 1.165) is 59.0 Å². The number of amides is 1. The van der Waals surface area contributed by atoms with Gasteiger partial charge in [-0.3, -0.25) is 9.59 Å². The normalized spacial score (nSPS) is 18.6. The maximum atomic E-state index is 15.0. The molecule has 2 aromatic heterocycles. The Hall–Kier alpha value is -3.32. The molecule has 3 aliphatic rings. The number of nitrogens with one attached hydrogen (secondary N) is 1. The van der Waals surface area contributed by atoms with E-state index in [1.807, 2.05) is 19.1 Å². The molecule has 7 heteroatoms. The lowest BCUT2D eigenvalue weighted by atomic mass is 9.80. The van der Waals surface area contributed by atoms with Crippen LogP contribution in [0.3, 0.4) is 0 Å². The number of aryl methyl sites for hydroxylation is 1. The summed E-state index contributed by atoms with van der Waals surface area (Å²) in [6, 6.07) is 3.35. The van der Waals surface area contributed by atoms with Crippen LogP contribution in [-0.2, 0) is 29.1 Å². The van der Waals surface area contributed by atoms with Gasteiger partial charge in [-0.15, -0.1) is 6.58 Å². The summed E-state index contributed by atoms with van der Waals surface area (Å²) in [7, 11) is 1.59. The number of halogens is 1. The molecule has 6 nitrogen and oxygen atoms in total. The zero-order valence-electron chi connectivity index (χ0n) is 22.3. The van der Waals surface area contributed by atoms with Crippen molar-refractivity contribution in [2.24, 2.45) is 5.92 Å². The van der Waals surface area contributed by atoms with Crippen molar-refractivity contribution in [3.63, 3.8) is 0 Å². The van der Waals surface area contributed by atoms with Gasteiger partial charge in [0.2, 0.25) is 5.91 Å². The fourth-order valence-corrected chi connectivity index (χ4v) is 6.60. The van der Waals surface area contributed by atoms with E-state index >= 15 is 4.39 Å². The number of methoxy groups -OCH3 is 1. The standard InChI is InChI=1S/C31H34FN3O3/c1-5-17(6-2)20-12-26-29-21(14-35(26)31(37)22(20)15-38-4)28-24(34-30(36)18-8-7-9-18)11-10-19-16(3)23(32)13-25(33-29)27(19)28/h5,12-13,17-18,24H,1,6-11,14-15H2,2-4H3,(H,34,36). The average Bonchev–Trinajstić information content (AvgIpc) is 3.23. The van der Waals surface area contributed by atoms with Crippen LogP contribution in [0.25, 0.3) is 22.3 Å². The van der Waals surface area contributed by atoms with Crippen molar-refractivity contribution in [1.29, 1.82) is 0 Å². The minimum absolute atomic E-state index is 0.00261. The molecule has 1 amide bonds. The maximum absolute atomic E-state index is 15.0. The van der Waals surface area contributed by atoms with Crippen LogP contribution >= 0.6 is 0 Å². The van der Waals surface area contributed by atoms with E-state index in [4.69, 9.17) is 9.72 Å². The van der Waals surface area contributed by atoms with Gasteiger partial charge in [0.1, 0.15) is 5.82 Å². The van der Waals surface area contributed by atoms with Crippen LogP contribution < -0.4 is 10.9 Å². The van der Waals surface area contributed by atoms with Crippen LogP contribution in [0.1, 0.15) is 84.4 Å². The molecule has 0 radical (unpaired) electrons. The van der Waals surface area contributed by atoms with E-state index in [0.29, 0.717) is 41.7 Å². The van der Waals surface area contributed by atoms with Gasteiger partial charge in [-0.1, -0.05) is 19.4 Å². The first kappa shape index (κ1) is 25.0. The van der Waals surface area contributed by atoms with Gasteiger partial charge in [-0.25, -0.2) is 9.37 Å². The number of aromatic nitrogens is 2. The highest BCUT2D eigenvalue weighted by Gasteiger charge is 2.36. The molecule has 0 bridgehead atoms. The van der Waals surface area contributed by atoms with Crippen molar-refractivity contribution in [3.05, 3.63) is 74.3 Å².